The molecule has 4 heteroatoms. The van der Waals surface area contributed by atoms with Crippen LogP contribution in [0.2, 0.25) is 0 Å². The van der Waals surface area contributed by atoms with Crippen molar-refractivity contribution in [1.29, 1.82) is 0 Å². The molecule has 1 N–H and O–H groups in total. The summed E-state index contributed by atoms with van der Waals surface area (Å²) in [4.78, 5) is 14.3. The van der Waals surface area contributed by atoms with E-state index < -0.39 is 6.10 Å². The van der Waals surface area contributed by atoms with Gasteiger partial charge in [-0.05, 0) is 39.5 Å². The van der Waals surface area contributed by atoms with E-state index in [0.29, 0.717) is 0 Å². The third-order valence-electron chi connectivity index (χ3n) is 2.97. The van der Waals surface area contributed by atoms with Gasteiger partial charge in [0.1, 0.15) is 0 Å². The van der Waals surface area contributed by atoms with Gasteiger partial charge in [-0.25, -0.2) is 0 Å². The van der Waals surface area contributed by atoms with Crippen LogP contribution < -0.4 is 5.32 Å². The first-order valence-corrected chi connectivity index (χ1v) is 6.57. The fourth-order valence-corrected chi connectivity index (χ4v) is 1.86. The van der Waals surface area contributed by atoms with Crippen molar-refractivity contribution in [3.8, 4) is 0 Å². The third kappa shape index (κ3) is 5.41. The molecule has 0 heterocycles. The number of nitrogens with zero attached hydrogens (tertiary/aromatic N) is 1. The largest absolute Gasteiger partial charge is 0.367 e. The van der Waals surface area contributed by atoms with Crippen LogP contribution in [0.1, 0.15) is 25.0 Å². The summed E-state index contributed by atoms with van der Waals surface area (Å²) >= 11 is 0. The monoisotopic (exact) mass is 264 g/mol. The van der Waals surface area contributed by atoms with Crippen molar-refractivity contribution >= 4 is 5.91 Å². The van der Waals surface area contributed by atoms with Gasteiger partial charge in [-0.15, -0.1) is 0 Å². The van der Waals surface area contributed by atoms with Crippen LogP contribution in [0.15, 0.2) is 30.3 Å². The summed E-state index contributed by atoms with van der Waals surface area (Å²) in [5.74, 6) is -0.0834. The molecule has 0 fully saturated rings. The second-order valence-electron chi connectivity index (χ2n) is 5.03. The standard InChI is InChI=1S/C15H24N2O2/c1-12(10-11-17(2)3)16-15(18)14(19-4)13-8-6-5-7-9-13/h5-9,12,14H,10-11H2,1-4H3,(H,16,18). The molecule has 19 heavy (non-hydrogen) atoms. The van der Waals surface area contributed by atoms with E-state index in [-0.39, 0.29) is 11.9 Å². The normalized spacial score (nSPS) is 14.2. The molecule has 1 aromatic rings. The number of carbonyl (C=O) groups excluding carboxylic acids is 1. The minimum Gasteiger partial charge on any atom is -0.367 e. The maximum atomic E-state index is 12.2. The number of hydrogen-bond acceptors (Lipinski definition) is 3. The van der Waals surface area contributed by atoms with E-state index in [1.807, 2.05) is 51.4 Å². The molecule has 0 aliphatic carbocycles. The number of benzene rings is 1. The Morgan fingerprint density at radius 2 is 1.95 bits per heavy atom. The summed E-state index contributed by atoms with van der Waals surface area (Å²) in [5.41, 5.74) is 0.877. The summed E-state index contributed by atoms with van der Waals surface area (Å²) in [6.07, 6.45) is 0.382. The van der Waals surface area contributed by atoms with Crippen LogP contribution in [0.3, 0.4) is 0 Å². The molecule has 0 bridgehead atoms. The molecular formula is C15H24N2O2. The Balaban J connectivity index is 2.55. The van der Waals surface area contributed by atoms with Crippen molar-refractivity contribution in [2.24, 2.45) is 0 Å². The second-order valence-corrected chi connectivity index (χ2v) is 5.03. The van der Waals surface area contributed by atoms with Crippen molar-refractivity contribution in [1.82, 2.24) is 10.2 Å². The van der Waals surface area contributed by atoms with Crippen molar-refractivity contribution in [3.05, 3.63) is 35.9 Å². The number of nitrogens with one attached hydrogen (secondary N) is 1. The van der Waals surface area contributed by atoms with Crippen LogP contribution in [0, 0.1) is 0 Å². The molecule has 0 aromatic heterocycles. The van der Waals surface area contributed by atoms with Gasteiger partial charge in [0.25, 0.3) is 5.91 Å². The molecule has 0 aliphatic rings. The minimum absolute atomic E-state index is 0.0834. The fraction of sp³-hybridized carbons (Fsp3) is 0.533. The van der Waals surface area contributed by atoms with Crippen LogP contribution >= 0.6 is 0 Å². The van der Waals surface area contributed by atoms with Crippen molar-refractivity contribution in [3.63, 3.8) is 0 Å². The Labute approximate surface area is 115 Å². The van der Waals surface area contributed by atoms with Crippen molar-refractivity contribution in [2.75, 3.05) is 27.7 Å². The van der Waals surface area contributed by atoms with Gasteiger partial charge in [0.2, 0.25) is 0 Å². The lowest BCUT2D eigenvalue weighted by Crippen LogP contribution is -2.38. The molecule has 4 nitrogen and oxygen atoms in total. The predicted octanol–water partition coefficient (Wildman–Crippen LogP) is 1.83. The molecule has 1 rings (SSSR count). The summed E-state index contributed by atoms with van der Waals surface area (Å²) in [6.45, 7) is 2.96. The summed E-state index contributed by atoms with van der Waals surface area (Å²) in [7, 11) is 5.61. The number of carbonyl (C=O) groups is 1. The van der Waals surface area contributed by atoms with E-state index in [2.05, 4.69) is 10.2 Å². The van der Waals surface area contributed by atoms with Crippen molar-refractivity contribution in [2.45, 2.75) is 25.5 Å². The van der Waals surface area contributed by atoms with E-state index >= 15 is 0 Å². The Morgan fingerprint density at radius 1 is 1.32 bits per heavy atom. The first kappa shape index (κ1) is 15.7. The highest BCUT2D eigenvalue weighted by molar-refractivity contribution is 5.82. The molecule has 1 aromatic carbocycles. The van der Waals surface area contributed by atoms with E-state index in [0.717, 1.165) is 18.5 Å². The topological polar surface area (TPSA) is 41.6 Å². The van der Waals surface area contributed by atoms with E-state index in [9.17, 15) is 4.79 Å². The van der Waals surface area contributed by atoms with Gasteiger partial charge in [0.15, 0.2) is 6.10 Å². The number of amides is 1. The zero-order chi connectivity index (χ0) is 14.3. The average Bonchev–Trinajstić information content (AvgIpc) is 2.38. The lowest BCUT2D eigenvalue weighted by molar-refractivity contribution is -0.132. The van der Waals surface area contributed by atoms with E-state index in [1.54, 1.807) is 7.11 Å². The number of rotatable bonds is 7. The molecule has 106 valence electrons. The maximum absolute atomic E-state index is 12.2. The van der Waals surface area contributed by atoms with Crippen LogP contribution in [-0.2, 0) is 9.53 Å². The summed E-state index contributed by atoms with van der Waals surface area (Å²) < 4.78 is 5.30. The molecule has 0 radical (unpaired) electrons. The fourth-order valence-electron chi connectivity index (χ4n) is 1.86. The first-order chi connectivity index (χ1) is 9.04. The lowest BCUT2D eigenvalue weighted by Gasteiger charge is -2.20. The minimum atomic E-state index is -0.539. The van der Waals surface area contributed by atoms with Gasteiger partial charge in [0.05, 0.1) is 0 Å². The highest BCUT2D eigenvalue weighted by Crippen LogP contribution is 2.16. The Morgan fingerprint density at radius 3 is 2.47 bits per heavy atom. The highest BCUT2D eigenvalue weighted by atomic mass is 16.5. The molecule has 1 amide bonds. The lowest BCUT2D eigenvalue weighted by atomic mass is 10.1. The number of hydrogen-bond donors (Lipinski definition) is 1. The Kier molecular flexibility index (Phi) is 6.53. The van der Waals surface area contributed by atoms with Gasteiger partial charge < -0.3 is 15.0 Å². The molecule has 0 saturated carbocycles. The van der Waals surface area contributed by atoms with Gasteiger partial charge in [0, 0.05) is 13.2 Å². The van der Waals surface area contributed by atoms with Gasteiger partial charge in [-0.2, -0.15) is 0 Å². The molecule has 0 saturated heterocycles. The zero-order valence-electron chi connectivity index (χ0n) is 12.2. The average molecular weight is 264 g/mol. The smallest absolute Gasteiger partial charge is 0.253 e. The van der Waals surface area contributed by atoms with E-state index in [4.69, 9.17) is 4.74 Å². The van der Waals surface area contributed by atoms with Crippen LogP contribution in [0.5, 0.6) is 0 Å². The quantitative estimate of drug-likeness (QED) is 0.817. The van der Waals surface area contributed by atoms with Gasteiger partial charge in [-0.3, -0.25) is 4.79 Å². The number of methoxy groups -OCH3 is 1. The zero-order valence-corrected chi connectivity index (χ0v) is 12.2. The highest BCUT2D eigenvalue weighted by Gasteiger charge is 2.21. The van der Waals surface area contributed by atoms with Crippen LogP contribution in [0.25, 0.3) is 0 Å². The molecular weight excluding hydrogens is 240 g/mol. The van der Waals surface area contributed by atoms with Crippen LogP contribution in [0.4, 0.5) is 0 Å². The molecule has 2 unspecified atom stereocenters. The van der Waals surface area contributed by atoms with Crippen LogP contribution in [-0.4, -0.2) is 44.6 Å². The summed E-state index contributed by atoms with van der Waals surface area (Å²) in [6, 6.07) is 9.68. The maximum Gasteiger partial charge on any atom is 0.253 e. The predicted molar refractivity (Wildman–Crippen MR) is 77.0 cm³/mol. The molecule has 0 aliphatic heterocycles. The summed E-state index contributed by atoms with van der Waals surface area (Å²) in [5, 5.41) is 2.99. The van der Waals surface area contributed by atoms with Gasteiger partial charge >= 0.3 is 0 Å². The second kappa shape index (κ2) is 7.92. The third-order valence-corrected chi connectivity index (χ3v) is 2.97. The Hall–Kier alpha value is -1.39. The SMILES string of the molecule is COC(C(=O)NC(C)CCN(C)C)c1ccccc1. The Bertz CT molecular complexity index is 379. The van der Waals surface area contributed by atoms with Gasteiger partial charge in [-0.1, -0.05) is 30.3 Å². The first-order valence-electron chi connectivity index (χ1n) is 6.57. The van der Waals surface area contributed by atoms with E-state index in [1.165, 1.54) is 0 Å². The molecule has 0 spiro atoms. The number of ether oxygens (including phenoxy) is 1. The van der Waals surface area contributed by atoms with Crippen molar-refractivity contribution < 1.29 is 9.53 Å². The molecule has 2 atom stereocenters.